The van der Waals surface area contributed by atoms with E-state index >= 15 is 0 Å². The lowest BCUT2D eigenvalue weighted by Gasteiger charge is -2.18. The van der Waals surface area contributed by atoms with Gasteiger partial charge >= 0.3 is 5.97 Å². The van der Waals surface area contributed by atoms with Gasteiger partial charge in [-0.1, -0.05) is 57.2 Å². The van der Waals surface area contributed by atoms with Crippen molar-refractivity contribution in [3.63, 3.8) is 0 Å². The minimum atomic E-state index is -0.409. The van der Waals surface area contributed by atoms with Crippen LogP contribution in [0.3, 0.4) is 0 Å². The predicted molar refractivity (Wildman–Crippen MR) is 103 cm³/mol. The molecule has 0 atom stereocenters. The molecule has 0 saturated heterocycles. The van der Waals surface area contributed by atoms with Crippen LogP contribution in [0.2, 0.25) is 0 Å². The van der Waals surface area contributed by atoms with E-state index in [1.54, 1.807) is 13.2 Å². The Morgan fingerprint density at radius 2 is 1.69 bits per heavy atom. The first-order valence-electron chi connectivity index (χ1n) is 8.60. The van der Waals surface area contributed by atoms with Crippen LogP contribution in [0.15, 0.2) is 59.2 Å². The molecule has 26 heavy (non-hydrogen) atoms. The highest BCUT2D eigenvalue weighted by Crippen LogP contribution is 2.24. The number of rotatable bonds is 4. The molecule has 1 heterocycles. The molecule has 1 aliphatic rings. The third-order valence-corrected chi connectivity index (χ3v) is 4.26. The van der Waals surface area contributed by atoms with Crippen LogP contribution in [0, 0.1) is 0 Å². The molecule has 0 N–H and O–H groups in total. The van der Waals surface area contributed by atoms with Gasteiger partial charge in [-0.3, -0.25) is 0 Å². The molecule has 2 aromatic carbocycles. The topological polar surface area (TPSA) is 47.9 Å². The molecule has 134 valence electrons. The molecule has 2 aromatic rings. The summed E-state index contributed by atoms with van der Waals surface area (Å²) in [6, 6.07) is 15.8. The Kier molecular flexibility index (Phi) is 4.94. The second-order valence-electron chi connectivity index (χ2n) is 7.32. The number of hydrogen-bond donors (Lipinski definition) is 0. The van der Waals surface area contributed by atoms with E-state index in [0.717, 1.165) is 16.9 Å². The van der Waals surface area contributed by atoms with Gasteiger partial charge in [-0.2, -0.15) is 0 Å². The summed E-state index contributed by atoms with van der Waals surface area (Å²) in [5.41, 5.74) is 3.61. The molecule has 0 saturated carbocycles. The summed E-state index contributed by atoms with van der Waals surface area (Å²) in [5, 5.41) is 0. The second-order valence-corrected chi connectivity index (χ2v) is 7.32. The van der Waals surface area contributed by atoms with E-state index < -0.39 is 5.97 Å². The van der Waals surface area contributed by atoms with Crippen molar-refractivity contribution in [1.82, 2.24) is 0 Å². The van der Waals surface area contributed by atoms with Crippen molar-refractivity contribution in [1.29, 1.82) is 0 Å². The average molecular weight is 349 g/mol. The third-order valence-electron chi connectivity index (χ3n) is 4.26. The van der Waals surface area contributed by atoms with Crippen LogP contribution in [-0.4, -0.2) is 19.0 Å². The van der Waals surface area contributed by atoms with Crippen LogP contribution >= 0.6 is 0 Å². The van der Waals surface area contributed by atoms with Crippen LogP contribution < -0.4 is 4.74 Å². The van der Waals surface area contributed by atoms with E-state index in [1.807, 2.05) is 36.4 Å². The molecule has 3 rings (SSSR count). The number of benzene rings is 2. The van der Waals surface area contributed by atoms with Crippen molar-refractivity contribution >= 4 is 17.9 Å². The van der Waals surface area contributed by atoms with Gasteiger partial charge < -0.3 is 9.47 Å². The number of carbonyl (C=O) groups excluding carboxylic acids is 1. The number of ether oxygens (including phenoxy) is 2. The Morgan fingerprint density at radius 1 is 1.04 bits per heavy atom. The van der Waals surface area contributed by atoms with Gasteiger partial charge in [-0.25, -0.2) is 9.79 Å². The molecule has 0 unspecified atom stereocenters. The van der Waals surface area contributed by atoms with Gasteiger partial charge in [-0.15, -0.1) is 0 Å². The van der Waals surface area contributed by atoms with Gasteiger partial charge in [0.1, 0.15) is 5.75 Å². The van der Waals surface area contributed by atoms with Crippen molar-refractivity contribution in [3.05, 3.63) is 70.9 Å². The molecule has 0 aromatic heterocycles. The molecule has 4 heteroatoms. The molecular weight excluding hydrogens is 326 g/mol. The van der Waals surface area contributed by atoms with Crippen molar-refractivity contribution in [2.45, 2.75) is 32.6 Å². The van der Waals surface area contributed by atoms with Gasteiger partial charge in [0, 0.05) is 6.42 Å². The summed E-state index contributed by atoms with van der Waals surface area (Å²) in [5.74, 6) is 0.796. The Hall–Kier alpha value is -2.88. The lowest BCUT2D eigenvalue weighted by Crippen LogP contribution is -2.10. The van der Waals surface area contributed by atoms with E-state index in [2.05, 4.69) is 37.9 Å². The highest BCUT2D eigenvalue weighted by atomic mass is 16.6. The van der Waals surface area contributed by atoms with Crippen molar-refractivity contribution < 1.29 is 14.3 Å². The molecule has 0 aliphatic carbocycles. The van der Waals surface area contributed by atoms with E-state index in [4.69, 9.17) is 9.47 Å². The Morgan fingerprint density at radius 3 is 2.27 bits per heavy atom. The van der Waals surface area contributed by atoms with E-state index in [9.17, 15) is 4.79 Å². The number of esters is 1. The highest BCUT2D eigenvalue weighted by Gasteiger charge is 2.23. The number of hydrogen-bond acceptors (Lipinski definition) is 4. The fourth-order valence-corrected chi connectivity index (χ4v) is 2.68. The Balaban J connectivity index is 1.75. The minimum absolute atomic E-state index is 0.0989. The lowest BCUT2D eigenvalue weighted by atomic mass is 9.87. The Labute approximate surface area is 154 Å². The zero-order valence-electron chi connectivity index (χ0n) is 15.6. The second kappa shape index (κ2) is 7.16. The van der Waals surface area contributed by atoms with Gasteiger partial charge in [0.25, 0.3) is 0 Å². The Bertz CT molecular complexity index is 854. The molecule has 0 radical (unpaired) electrons. The van der Waals surface area contributed by atoms with Crippen molar-refractivity contribution in [3.8, 4) is 5.75 Å². The highest BCUT2D eigenvalue weighted by molar-refractivity contribution is 6.07. The summed E-state index contributed by atoms with van der Waals surface area (Å²) < 4.78 is 10.4. The van der Waals surface area contributed by atoms with Gasteiger partial charge in [-0.05, 0) is 40.3 Å². The first-order valence-corrected chi connectivity index (χ1v) is 8.60. The average Bonchev–Trinajstić information content (AvgIpc) is 2.94. The zero-order valence-corrected chi connectivity index (χ0v) is 15.6. The number of aliphatic imine (C=N–C) groups is 1. The van der Waals surface area contributed by atoms with Crippen molar-refractivity contribution in [2.75, 3.05) is 7.11 Å². The number of carbonyl (C=O) groups is 1. The first-order chi connectivity index (χ1) is 12.3. The summed E-state index contributed by atoms with van der Waals surface area (Å²) in [6.45, 7) is 6.51. The van der Waals surface area contributed by atoms with Crippen molar-refractivity contribution in [2.24, 2.45) is 4.99 Å². The van der Waals surface area contributed by atoms with E-state index in [1.165, 1.54) is 5.56 Å². The largest absolute Gasteiger partial charge is 0.497 e. The SMILES string of the molecule is COc1ccc(CC2=N/C(=C/c3ccc(C(C)(C)C)cc3)C(=O)O2)cc1. The number of nitrogens with zero attached hydrogens (tertiary/aromatic N) is 1. The van der Waals surface area contributed by atoms with Crippen LogP contribution in [0.4, 0.5) is 0 Å². The smallest absolute Gasteiger partial charge is 0.363 e. The molecule has 0 fully saturated rings. The van der Waals surface area contributed by atoms with Crippen LogP contribution in [-0.2, 0) is 21.4 Å². The molecule has 4 nitrogen and oxygen atoms in total. The normalized spacial score (nSPS) is 15.8. The van der Waals surface area contributed by atoms with Crippen LogP contribution in [0.1, 0.15) is 37.5 Å². The third kappa shape index (κ3) is 4.20. The van der Waals surface area contributed by atoms with Crippen LogP contribution in [0.5, 0.6) is 5.75 Å². The molecule has 0 amide bonds. The van der Waals surface area contributed by atoms with Gasteiger partial charge in [0.05, 0.1) is 7.11 Å². The van der Waals surface area contributed by atoms with Gasteiger partial charge in [0.15, 0.2) is 5.70 Å². The maximum absolute atomic E-state index is 12.1. The fourth-order valence-electron chi connectivity index (χ4n) is 2.68. The predicted octanol–water partition coefficient (Wildman–Crippen LogP) is 4.53. The summed E-state index contributed by atoms with van der Waals surface area (Å²) in [7, 11) is 1.63. The molecule has 0 spiro atoms. The zero-order chi connectivity index (χ0) is 18.7. The summed E-state index contributed by atoms with van der Waals surface area (Å²) >= 11 is 0. The number of methoxy groups -OCH3 is 1. The maximum atomic E-state index is 12.1. The number of cyclic esters (lactones) is 1. The fraction of sp³-hybridized carbons (Fsp3) is 0.273. The quantitative estimate of drug-likeness (QED) is 0.602. The van der Waals surface area contributed by atoms with Gasteiger partial charge in [0.2, 0.25) is 5.90 Å². The standard InChI is InChI=1S/C22H23NO3/c1-22(2,3)17-9-5-15(6-10-17)13-19-21(24)26-20(23-19)14-16-7-11-18(25-4)12-8-16/h5-13H,14H2,1-4H3/b19-13+. The monoisotopic (exact) mass is 349 g/mol. The minimum Gasteiger partial charge on any atom is -0.497 e. The summed E-state index contributed by atoms with van der Waals surface area (Å²) in [4.78, 5) is 16.4. The van der Waals surface area contributed by atoms with E-state index in [-0.39, 0.29) is 5.41 Å². The molecule has 1 aliphatic heterocycles. The van der Waals surface area contributed by atoms with Crippen LogP contribution in [0.25, 0.3) is 6.08 Å². The summed E-state index contributed by atoms with van der Waals surface area (Å²) in [6.07, 6.45) is 2.23. The van der Waals surface area contributed by atoms with E-state index in [0.29, 0.717) is 18.0 Å². The molecular formula is C22H23NO3. The molecule has 0 bridgehead atoms. The first kappa shape index (κ1) is 17.9. The maximum Gasteiger partial charge on any atom is 0.363 e. The lowest BCUT2D eigenvalue weighted by molar-refractivity contribution is -0.130.